The molecule has 0 fully saturated rings. The number of aromatic nitrogens is 2. The predicted molar refractivity (Wildman–Crippen MR) is 287 cm³/mol. The largest absolute Gasteiger partial charge is 0.309 e. The zero-order valence-corrected chi connectivity index (χ0v) is 37.2. The van der Waals surface area contributed by atoms with Gasteiger partial charge < -0.3 is 9.13 Å². The van der Waals surface area contributed by atoms with E-state index in [9.17, 15) is 0 Å². The number of hydrogen-bond acceptors (Lipinski definition) is 1. The minimum absolute atomic E-state index is 1.15. The van der Waals surface area contributed by atoms with E-state index in [1.54, 1.807) is 0 Å². The topological polar surface area (TPSA) is 9.86 Å². The molecule has 312 valence electrons. The van der Waals surface area contributed by atoms with Crippen molar-refractivity contribution in [1.29, 1.82) is 0 Å². The smallest absolute Gasteiger partial charge is 0.0640 e. The first-order chi connectivity index (χ1) is 33.2. The summed E-state index contributed by atoms with van der Waals surface area (Å²) in [5.41, 5.74) is 16.8. The first-order valence-electron chi connectivity index (χ1n) is 23.0. The van der Waals surface area contributed by atoms with E-state index in [1.165, 1.54) is 125 Å². The average Bonchev–Trinajstić information content (AvgIpc) is 4.06. The Morgan fingerprint density at radius 2 is 0.776 bits per heavy atom. The van der Waals surface area contributed by atoms with Gasteiger partial charge in [0.25, 0.3) is 0 Å². The van der Waals surface area contributed by atoms with Crippen molar-refractivity contribution >= 4 is 85.9 Å². The summed E-state index contributed by atoms with van der Waals surface area (Å²) in [7, 11) is 0. The van der Waals surface area contributed by atoms with E-state index < -0.39 is 0 Å². The van der Waals surface area contributed by atoms with Gasteiger partial charge in [0, 0.05) is 42.7 Å². The quantitative estimate of drug-likeness (QED) is 0.158. The fourth-order valence-corrected chi connectivity index (χ4v) is 12.0. The standard InChI is InChI=1S/C64H40N2S/c1-2-14-41(15-3-1)46-36-47(44-30-34-60-56(39-44)52-19-6-9-24-58(52)65(60)49-32-28-43(29-33-49)51-22-12-17-42-16-4-5-18-50(42)51)38-48(37-46)45-31-35-61-57(40-45)53-20-7-10-25-59(53)66(61)62-26-13-23-55-54-21-8-11-27-63(54)67-64(55)62/h1-40H. The van der Waals surface area contributed by atoms with Crippen LogP contribution in [0, 0.1) is 0 Å². The minimum atomic E-state index is 1.15. The Morgan fingerprint density at radius 3 is 1.49 bits per heavy atom. The molecule has 14 aromatic rings. The van der Waals surface area contributed by atoms with E-state index >= 15 is 0 Å². The van der Waals surface area contributed by atoms with Gasteiger partial charge in [0.15, 0.2) is 0 Å². The van der Waals surface area contributed by atoms with Crippen molar-refractivity contribution in [3.63, 3.8) is 0 Å². The van der Waals surface area contributed by atoms with E-state index in [4.69, 9.17) is 0 Å². The molecule has 0 spiro atoms. The first-order valence-corrected chi connectivity index (χ1v) is 23.8. The summed E-state index contributed by atoms with van der Waals surface area (Å²) in [5.74, 6) is 0. The number of para-hydroxylation sites is 2. The number of benzene rings is 11. The molecule has 0 N–H and O–H groups in total. The van der Waals surface area contributed by atoms with Crippen molar-refractivity contribution in [3.8, 4) is 55.9 Å². The van der Waals surface area contributed by atoms with Gasteiger partial charge in [-0.05, 0) is 134 Å². The van der Waals surface area contributed by atoms with Crippen LogP contribution in [0.4, 0.5) is 0 Å². The molecule has 3 heteroatoms. The van der Waals surface area contributed by atoms with Crippen LogP contribution in [0.15, 0.2) is 243 Å². The molecule has 0 saturated carbocycles. The summed E-state index contributed by atoms with van der Waals surface area (Å²) in [6, 6.07) is 89.5. The molecule has 2 nitrogen and oxygen atoms in total. The fraction of sp³-hybridized carbons (Fsp3) is 0. The summed E-state index contributed by atoms with van der Waals surface area (Å²) >= 11 is 1.88. The summed E-state index contributed by atoms with van der Waals surface area (Å²) in [6.07, 6.45) is 0. The molecule has 0 saturated heterocycles. The Balaban J connectivity index is 0.911. The van der Waals surface area contributed by atoms with Gasteiger partial charge in [-0.15, -0.1) is 11.3 Å². The molecule has 14 rings (SSSR count). The van der Waals surface area contributed by atoms with Gasteiger partial charge in [-0.2, -0.15) is 0 Å². The second-order valence-corrected chi connectivity index (χ2v) is 18.7. The Labute approximate surface area is 391 Å². The molecule has 3 aromatic heterocycles. The van der Waals surface area contributed by atoms with Gasteiger partial charge in [0.1, 0.15) is 0 Å². The van der Waals surface area contributed by atoms with Gasteiger partial charge >= 0.3 is 0 Å². The molecule has 0 amide bonds. The molecule has 0 aliphatic rings. The lowest BCUT2D eigenvalue weighted by Crippen LogP contribution is -1.94. The molecular weight excluding hydrogens is 829 g/mol. The molecule has 0 bridgehead atoms. The molecule has 67 heavy (non-hydrogen) atoms. The maximum absolute atomic E-state index is 2.48. The van der Waals surface area contributed by atoms with Gasteiger partial charge in [0.05, 0.1) is 32.5 Å². The van der Waals surface area contributed by atoms with Crippen molar-refractivity contribution in [2.75, 3.05) is 0 Å². The third kappa shape index (κ3) is 6.02. The maximum atomic E-state index is 2.48. The third-order valence-corrected chi connectivity index (χ3v) is 15.1. The summed E-state index contributed by atoms with van der Waals surface area (Å²) in [6.45, 7) is 0. The Bertz CT molecular complexity index is 4260. The third-order valence-electron chi connectivity index (χ3n) is 13.9. The Hall–Kier alpha value is -8.50. The summed E-state index contributed by atoms with van der Waals surface area (Å²) in [5, 5.41) is 10.1. The van der Waals surface area contributed by atoms with Crippen molar-refractivity contribution in [1.82, 2.24) is 9.13 Å². The number of rotatable bonds is 6. The summed E-state index contributed by atoms with van der Waals surface area (Å²) in [4.78, 5) is 0. The molecule has 0 unspecified atom stereocenters. The Kier molecular flexibility index (Phi) is 8.49. The highest BCUT2D eigenvalue weighted by Crippen LogP contribution is 2.43. The fourth-order valence-electron chi connectivity index (χ4n) is 10.8. The van der Waals surface area contributed by atoms with Gasteiger partial charge in [-0.3, -0.25) is 0 Å². The van der Waals surface area contributed by atoms with Crippen LogP contribution < -0.4 is 0 Å². The van der Waals surface area contributed by atoms with E-state index in [0.717, 1.165) is 5.69 Å². The number of hydrogen-bond donors (Lipinski definition) is 0. The van der Waals surface area contributed by atoms with Crippen LogP contribution >= 0.6 is 11.3 Å². The summed E-state index contributed by atoms with van der Waals surface area (Å²) < 4.78 is 7.52. The van der Waals surface area contributed by atoms with E-state index in [2.05, 4.69) is 252 Å². The van der Waals surface area contributed by atoms with Crippen molar-refractivity contribution < 1.29 is 0 Å². The van der Waals surface area contributed by atoms with E-state index in [1.807, 2.05) is 11.3 Å². The lowest BCUT2D eigenvalue weighted by molar-refractivity contribution is 1.18. The normalized spacial score (nSPS) is 11.9. The highest BCUT2D eigenvalue weighted by molar-refractivity contribution is 7.26. The molecule has 0 aliphatic carbocycles. The average molecular weight is 869 g/mol. The van der Waals surface area contributed by atoms with E-state index in [0.29, 0.717) is 0 Å². The molecule has 11 aromatic carbocycles. The van der Waals surface area contributed by atoms with Crippen molar-refractivity contribution in [3.05, 3.63) is 243 Å². The van der Waals surface area contributed by atoms with Crippen LogP contribution in [-0.4, -0.2) is 9.13 Å². The highest BCUT2D eigenvalue weighted by Gasteiger charge is 2.19. The number of nitrogens with zero attached hydrogens (tertiary/aromatic N) is 2. The predicted octanol–water partition coefficient (Wildman–Crippen LogP) is 18.1. The van der Waals surface area contributed by atoms with Crippen LogP contribution in [0.2, 0.25) is 0 Å². The van der Waals surface area contributed by atoms with Crippen molar-refractivity contribution in [2.24, 2.45) is 0 Å². The molecular formula is C64H40N2S. The second-order valence-electron chi connectivity index (χ2n) is 17.7. The van der Waals surface area contributed by atoms with Gasteiger partial charge in [0.2, 0.25) is 0 Å². The molecule has 0 aliphatic heterocycles. The zero-order chi connectivity index (χ0) is 44.0. The molecule has 0 atom stereocenters. The van der Waals surface area contributed by atoms with Crippen LogP contribution in [0.5, 0.6) is 0 Å². The maximum Gasteiger partial charge on any atom is 0.0640 e. The van der Waals surface area contributed by atoms with E-state index in [-0.39, 0.29) is 0 Å². The minimum Gasteiger partial charge on any atom is -0.309 e. The first kappa shape index (κ1) is 37.8. The van der Waals surface area contributed by atoms with Gasteiger partial charge in [-0.1, -0.05) is 164 Å². The lowest BCUT2D eigenvalue weighted by Gasteiger charge is -2.13. The van der Waals surface area contributed by atoms with Crippen LogP contribution in [0.25, 0.3) is 130 Å². The van der Waals surface area contributed by atoms with Crippen LogP contribution in [0.1, 0.15) is 0 Å². The second kappa shape index (κ2) is 15.0. The van der Waals surface area contributed by atoms with Gasteiger partial charge in [-0.25, -0.2) is 0 Å². The van der Waals surface area contributed by atoms with Crippen LogP contribution in [-0.2, 0) is 0 Å². The number of fused-ring (bicyclic) bond motifs is 10. The van der Waals surface area contributed by atoms with Crippen LogP contribution in [0.3, 0.4) is 0 Å². The Morgan fingerprint density at radius 1 is 0.269 bits per heavy atom. The molecule has 0 radical (unpaired) electrons. The monoisotopic (exact) mass is 868 g/mol. The lowest BCUT2D eigenvalue weighted by atomic mass is 9.92. The van der Waals surface area contributed by atoms with Crippen molar-refractivity contribution in [2.45, 2.75) is 0 Å². The number of thiophene rings is 1. The molecule has 3 heterocycles. The zero-order valence-electron chi connectivity index (χ0n) is 36.4. The SMILES string of the molecule is c1ccc(-c2cc(-c3ccc4c(c3)c3ccccc3n4-c3ccc(-c4cccc5ccccc45)cc3)cc(-c3ccc4c(c3)c3ccccc3n4-c3cccc4c3sc3ccccc34)c2)cc1. The highest BCUT2D eigenvalue weighted by atomic mass is 32.1.